The van der Waals surface area contributed by atoms with Crippen LogP contribution in [0.25, 0.3) is 28.3 Å². The van der Waals surface area contributed by atoms with Gasteiger partial charge in [0.1, 0.15) is 23.3 Å². The van der Waals surface area contributed by atoms with E-state index in [1.165, 1.54) is 6.07 Å². The standard InChI is InChI=1S/C21H12F3N5/c22-15-8-12(9-16(23)20(15)24)17-10-13(14(11-25)21(26)28-17)18-4-3-7-29(18)19-5-1-2-6-27-19/h1-10H,(H2,26,28). The van der Waals surface area contributed by atoms with E-state index in [9.17, 15) is 18.4 Å². The molecule has 0 radical (unpaired) electrons. The van der Waals surface area contributed by atoms with E-state index in [4.69, 9.17) is 5.73 Å². The van der Waals surface area contributed by atoms with Crippen molar-refractivity contribution in [3.8, 4) is 34.4 Å². The number of aromatic nitrogens is 3. The van der Waals surface area contributed by atoms with Crippen LogP contribution < -0.4 is 5.73 Å². The zero-order chi connectivity index (χ0) is 20.5. The van der Waals surface area contributed by atoms with Crippen molar-refractivity contribution in [2.75, 3.05) is 5.73 Å². The van der Waals surface area contributed by atoms with Gasteiger partial charge in [-0.1, -0.05) is 6.07 Å². The third-order valence-corrected chi connectivity index (χ3v) is 4.36. The molecular weight excluding hydrogens is 379 g/mol. The quantitative estimate of drug-likeness (QED) is 0.523. The van der Waals surface area contributed by atoms with Crippen molar-refractivity contribution < 1.29 is 13.2 Å². The number of hydrogen-bond donors (Lipinski definition) is 1. The van der Waals surface area contributed by atoms with Gasteiger partial charge in [-0.2, -0.15) is 5.26 Å². The minimum absolute atomic E-state index is 0.00483. The molecule has 0 aliphatic carbocycles. The Bertz CT molecular complexity index is 1240. The van der Waals surface area contributed by atoms with Crippen LogP contribution in [0.2, 0.25) is 0 Å². The van der Waals surface area contributed by atoms with Crippen molar-refractivity contribution in [1.82, 2.24) is 14.5 Å². The number of rotatable bonds is 3. The summed E-state index contributed by atoms with van der Waals surface area (Å²) < 4.78 is 42.4. The van der Waals surface area contributed by atoms with Crippen molar-refractivity contribution in [3.05, 3.63) is 83.9 Å². The van der Waals surface area contributed by atoms with E-state index >= 15 is 0 Å². The molecule has 3 aromatic heterocycles. The van der Waals surface area contributed by atoms with E-state index in [0.717, 1.165) is 12.1 Å². The molecule has 0 bridgehead atoms. The van der Waals surface area contributed by atoms with E-state index in [-0.39, 0.29) is 22.6 Å². The lowest BCUT2D eigenvalue weighted by molar-refractivity contribution is 0.447. The molecule has 142 valence electrons. The van der Waals surface area contributed by atoms with E-state index in [1.54, 1.807) is 41.2 Å². The third kappa shape index (κ3) is 3.19. The highest BCUT2D eigenvalue weighted by Gasteiger charge is 2.19. The SMILES string of the molecule is N#Cc1c(-c2cccn2-c2ccccn2)cc(-c2cc(F)c(F)c(F)c2)nc1N. The van der Waals surface area contributed by atoms with Gasteiger partial charge in [0.2, 0.25) is 0 Å². The molecule has 5 nitrogen and oxygen atoms in total. The molecule has 4 aromatic rings. The zero-order valence-corrected chi connectivity index (χ0v) is 14.8. The number of hydrogen-bond acceptors (Lipinski definition) is 4. The summed E-state index contributed by atoms with van der Waals surface area (Å²) in [6.45, 7) is 0. The highest BCUT2D eigenvalue weighted by atomic mass is 19.2. The van der Waals surface area contributed by atoms with Gasteiger partial charge < -0.3 is 10.3 Å². The van der Waals surface area contributed by atoms with Crippen LogP contribution in [-0.4, -0.2) is 14.5 Å². The molecule has 0 aliphatic heterocycles. The summed E-state index contributed by atoms with van der Waals surface area (Å²) in [5.41, 5.74) is 7.13. The smallest absolute Gasteiger partial charge is 0.194 e. The number of nitrogen functional groups attached to an aromatic ring is 1. The van der Waals surface area contributed by atoms with Crippen LogP contribution in [0, 0.1) is 28.8 Å². The van der Waals surface area contributed by atoms with E-state index in [0.29, 0.717) is 17.1 Å². The van der Waals surface area contributed by atoms with Crippen LogP contribution in [0.5, 0.6) is 0 Å². The van der Waals surface area contributed by atoms with Crippen molar-refractivity contribution in [1.29, 1.82) is 5.26 Å². The van der Waals surface area contributed by atoms with Crippen molar-refractivity contribution in [2.45, 2.75) is 0 Å². The summed E-state index contributed by atoms with van der Waals surface area (Å²) in [7, 11) is 0. The molecule has 0 saturated carbocycles. The predicted octanol–water partition coefficient (Wildman–Crippen LogP) is 4.47. The fraction of sp³-hybridized carbons (Fsp3) is 0. The summed E-state index contributed by atoms with van der Waals surface area (Å²) in [5.74, 6) is -3.77. The predicted molar refractivity (Wildman–Crippen MR) is 101 cm³/mol. The molecule has 2 N–H and O–H groups in total. The Morgan fingerprint density at radius 3 is 2.41 bits per heavy atom. The van der Waals surface area contributed by atoms with Gasteiger partial charge in [-0.3, -0.25) is 0 Å². The molecule has 0 aliphatic rings. The summed E-state index contributed by atoms with van der Waals surface area (Å²) in [4.78, 5) is 8.36. The third-order valence-electron chi connectivity index (χ3n) is 4.36. The Kier molecular flexibility index (Phi) is 4.49. The first-order valence-electron chi connectivity index (χ1n) is 8.44. The van der Waals surface area contributed by atoms with Crippen LogP contribution in [0.3, 0.4) is 0 Å². The fourth-order valence-corrected chi connectivity index (χ4v) is 3.03. The van der Waals surface area contributed by atoms with Crippen LogP contribution in [0.15, 0.2) is 60.9 Å². The Morgan fingerprint density at radius 2 is 1.76 bits per heavy atom. The summed E-state index contributed by atoms with van der Waals surface area (Å²) >= 11 is 0. The molecule has 29 heavy (non-hydrogen) atoms. The van der Waals surface area contributed by atoms with E-state index in [2.05, 4.69) is 9.97 Å². The highest BCUT2D eigenvalue weighted by molar-refractivity contribution is 5.79. The number of nitrogens with zero attached hydrogens (tertiary/aromatic N) is 4. The van der Waals surface area contributed by atoms with Gasteiger partial charge in [0.25, 0.3) is 0 Å². The maximum absolute atomic E-state index is 13.7. The van der Waals surface area contributed by atoms with Gasteiger partial charge >= 0.3 is 0 Å². The van der Waals surface area contributed by atoms with Gasteiger partial charge in [0, 0.05) is 23.5 Å². The second-order valence-electron chi connectivity index (χ2n) is 6.13. The molecule has 3 heterocycles. The van der Waals surface area contributed by atoms with Gasteiger partial charge in [-0.15, -0.1) is 0 Å². The molecular formula is C21H12F3N5. The minimum Gasteiger partial charge on any atom is -0.383 e. The Labute approximate surface area is 163 Å². The number of anilines is 1. The van der Waals surface area contributed by atoms with E-state index in [1.807, 2.05) is 12.1 Å². The number of pyridine rings is 2. The molecule has 0 atom stereocenters. The first kappa shape index (κ1) is 18.3. The zero-order valence-electron chi connectivity index (χ0n) is 14.8. The summed E-state index contributed by atoms with van der Waals surface area (Å²) in [6, 6.07) is 14.0. The highest BCUT2D eigenvalue weighted by Crippen LogP contribution is 2.33. The molecule has 8 heteroatoms. The van der Waals surface area contributed by atoms with Crippen molar-refractivity contribution in [2.24, 2.45) is 0 Å². The second kappa shape index (κ2) is 7.13. The molecule has 4 rings (SSSR count). The molecule has 0 saturated heterocycles. The monoisotopic (exact) mass is 391 g/mol. The van der Waals surface area contributed by atoms with Gasteiger partial charge in [-0.25, -0.2) is 23.1 Å². The molecule has 0 amide bonds. The normalized spacial score (nSPS) is 10.7. The fourth-order valence-electron chi connectivity index (χ4n) is 3.03. The number of nitriles is 1. The minimum atomic E-state index is -1.57. The molecule has 1 aromatic carbocycles. The Balaban J connectivity index is 1.95. The lowest BCUT2D eigenvalue weighted by Crippen LogP contribution is -2.04. The lowest BCUT2D eigenvalue weighted by Gasteiger charge is -2.13. The number of halogens is 3. The average Bonchev–Trinajstić information content (AvgIpc) is 3.21. The summed E-state index contributed by atoms with van der Waals surface area (Å²) in [6.07, 6.45) is 3.38. The van der Waals surface area contributed by atoms with Gasteiger partial charge in [0.05, 0.1) is 11.4 Å². The van der Waals surface area contributed by atoms with E-state index < -0.39 is 17.5 Å². The maximum atomic E-state index is 13.7. The molecule has 0 unspecified atom stereocenters. The van der Waals surface area contributed by atoms with Crippen LogP contribution in [-0.2, 0) is 0 Å². The Hall–Kier alpha value is -4.12. The molecule has 0 fully saturated rings. The topological polar surface area (TPSA) is 80.5 Å². The lowest BCUT2D eigenvalue weighted by atomic mass is 10.0. The first-order chi connectivity index (χ1) is 14.0. The average molecular weight is 391 g/mol. The van der Waals surface area contributed by atoms with Gasteiger partial charge in [0.15, 0.2) is 17.5 Å². The van der Waals surface area contributed by atoms with Crippen LogP contribution >= 0.6 is 0 Å². The largest absolute Gasteiger partial charge is 0.383 e. The Morgan fingerprint density at radius 1 is 1.00 bits per heavy atom. The van der Waals surface area contributed by atoms with Crippen LogP contribution in [0.4, 0.5) is 19.0 Å². The van der Waals surface area contributed by atoms with Crippen molar-refractivity contribution in [3.63, 3.8) is 0 Å². The maximum Gasteiger partial charge on any atom is 0.194 e. The summed E-state index contributed by atoms with van der Waals surface area (Å²) in [5, 5.41) is 9.58. The second-order valence-corrected chi connectivity index (χ2v) is 6.13. The first-order valence-corrected chi connectivity index (χ1v) is 8.44. The number of benzene rings is 1. The molecule has 0 spiro atoms. The van der Waals surface area contributed by atoms with Gasteiger partial charge in [-0.05, 0) is 42.5 Å². The van der Waals surface area contributed by atoms with Crippen molar-refractivity contribution >= 4 is 5.82 Å². The number of nitrogens with two attached hydrogens (primary N) is 1. The van der Waals surface area contributed by atoms with Crippen LogP contribution in [0.1, 0.15) is 5.56 Å².